The maximum atomic E-state index is 5.83. The molecule has 1 saturated heterocycles. The van der Waals surface area contributed by atoms with E-state index in [0.29, 0.717) is 36.7 Å². The maximum Gasteiger partial charge on any atom is 0.159 e. The third kappa shape index (κ3) is 2.98. The molecule has 0 spiro atoms. The van der Waals surface area contributed by atoms with E-state index in [1.165, 1.54) is 52.0 Å². The highest BCUT2D eigenvalue weighted by atomic mass is 32.1. The lowest BCUT2D eigenvalue weighted by Gasteiger charge is -2.22. The number of nitrogens with two attached hydrogens (primary N) is 1. The lowest BCUT2D eigenvalue weighted by Crippen LogP contribution is -2.28. The molecule has 0 amide bonds. The summed E-state index contributed by atoms with van der Waals surface area (Å²) in [6, 6.07) is 0.719. The SMILES string of the molecule is CC(N)=Nc1ncc(-c2[nH]c3sc(C4CC5CC4CN5)c(C)c3c2C(C)C)c2c1COC2. The second-order valence-electron chi connectivity index (χ2n) is 10.0. The Hall–Kier alpha value is -2.22. The van der Waals surface area contributed by atoms with Gasteiger partial charge in [0.05, 0.1) is 24.7 Å². The van der Waals surface area contributed by atoms with Crippen molar-refractivity contribution in [3.05, 3.63) is 33.3 Å². The number of amidine groups is 1. The highest BCUT2D eigenvalue weighted by molar-refractivity contribution is 7.19. The van der Waals surface area contributed by atoms with Gasteiger partial charge < -0.3 is 20.8 Å². The van der Waals surface area contributed by atoms with E-state index in [9.17, 15) is 0 Å². The van der Waals surface area contributed by atoms with Gasteiger partial charge >= 0.3 is 0 Å². The molecule has 3 aromatic rings. The summed E-state index contributed by atoms with van der Waals surface area (Å²) in [6.07, 6.45) is 4.58. The van der Waals surface area contributed by atoms with E-state index >= 15 is 0 Å². The Bertz CT molecular complexity index is 1250. The lowest BCUT2D eigenvalue weighted by molar-refractivity contribution is 0.135. The summed E-state index contributed by atoms with van der Waals surface area (Å²) >= 11 is 1.98. The first-order chi connectivity index (χ1) is 15.4. The predicted molar refractivity (Wildman–Crippen MR) is 131 cm³/mol. The summed E-state index contributed by atoms with van der Waals surface area (Å²) in [5.41, 5.74) is 13.3. The van der Waals surface area contributed by atoms with Crippen molar-refractivity contribution in [2.45, 2.75) is 71.6 Å². The number of nitrogens with zero attached hydrogens (tertiary/aromatic N) is 2. The van der Waals surface area contributed by atoms with Crippen molar-refractivity contribution in [2.24, 2.45) is 16.6 Å². The van der Waals surface area contributed by atoms with E-state index < -0.39 is 0 Å². The number of thiophene rings is 1. The second-order valence-corrected chi connectivity index (χ2v) is 11.1. The van der Waals surface area contributed by atoms with E-state index in [4.69, 9.17) is 10.5 Å². The molecular formula is C25H31N5OS. The van der Waals surface area contributed by atoms with Crippen LogP contribution >= 0.6 is 11.3 Å². The van der Waals surface area contributed by atoms with Crippen LogP contribution in [-0.2, 0) is 18.0 Å². The number of aryl methyl sites for hydroxylation is 1. The monoisotopic (exact) mass is 449 g/mol. The Morgan fingerprint density at radius 2 is 2.09 bits per heavy atom. The summed E-state index contributed by atoms with van der Waals surface area (Å²) in [7, 11) is 0. The van der Waals surface area contributed by atoms with E-state index in [2.05, 4.69) is 41.0 Å². The Morgan fingerprint density at radius 1 is 1.28 bits per heavy atom. The van der Waals surface area contributed by atoms with Crippen molar-refractivity contribution < 1.29 is 4.74 Å². The van der Waals surface area contributed by atoms with E-state index in [-0.39, 0.29) is 0 Å². The quantitative estimate of drug-likeness (QED) is 0.376. The van der Waals surface area contributed by atoms with Crippen molar-refractivity contribution >= 4 is 33.2 Å². The Morgan fingerprint density at radius 3 is 2.78 bits per heavy atom. The molecule has 2 fully saturated rings. The number of aliphatic imine (C=N–C) groups is 1. The van der Waals surface area contributed by atoms with Crippen LogP contribution in [0.3, 0.4) is 0 Å². The summed E-state index contributed by atoms with van der Waals surface area (Å²) in [4.78, 5) is 15.8. The van der Waals surface area contributed by atoms with Crippen molar-refractivity contribution in [2.75, 3.05) is 6.54 Å². The molecule has 1 saturated carbocycles. The van der Waals surface area contributed by atoms with Crippen molar-refractivity contribution in [1.29, 1.82) is 0 Å². The van der Waals surface area contributed by atoms with Crippen molar-refractivity contribution in [1.82, 2.24) is 15.3 Å². The predicted octanol–water partition coefficient (Wildman–Crippen LogP) is 5.23. The fourth-order valence-corrected chi connectivity index (χ4v) is 7.61. The molecular weight excluding hydrogens is 418 g/mol. The first-order valence-electron chi connectivity index (χ1n) is 11.7. The van der Waals surface area contributed by atoms with Crippen molar-refractivity contribution in [3.8, 4) is 11.3 Å². The normalized spacial score (nSPS) is 24.9. The average molecular weight is 450 g/mol. The van der Waals surface area contributed by atoms with E-state index in [1.54, 1.807) is 11.8 Å². The van der Waals surface area contributed by atoms with Crippen LogP contribution in [0.1, 0.15) is 72.6 Å². The number of H-pyrrole nitrogens is 1. The highest BCUT2D eigenvalue weighted by Crippen LogP contribution is 2.51. The number of ether oxygens (including phenoxy) is 1. The van der Waals surface area contributed by atoms with Gasteiger partial charge in [-0.25, -0.2) is 9.98 Å². The fraction of sp³-hybridized carbons (Fsp3) is 0.520. The number of hydrogen-bond donors (Lipinski definition) is 3. The highest BCUT2D eigenvalue weighted by Gasteiger charge is 2.42. The van der Waals surface area contributed by atoms with Gasteiger partial charge in [-0.3, -0.25) is 0 Å². The molecule has 6 rings (SSSR count). The first-order valence-corrected chi connectivity index (χ1v) is 12.5. The van der Waals surface area contributed by atoms with Crippen LogP contribution in [-0.4, -0.2) is 28.4 Å². The van der Waals surface area contributed by atoms with Gasteiger partial charge in [0.1, 0.15) is 4.83 Å². The summed E-state index contributed by atoms with van der Waals surface area (Å²) in [5.74, 6) is 3.12. The van der Waals surface area contributed by atoms with Gasteiger partial charge in [-0.1, -0.05) is 13.8 Å². The molecule has 168 valence electrons. The largest absolute Gasteiger partial charge is 0.387 e. The van der Waals surface area contributed by atoms with Crippen molar-refractivity contribution in [3.63, 3.8) is 0 Å². The number of aromatic nitrogens is 2. The van der Waals surface area contributed by atoms with Gasteiger partial charge in [0, 0.05) is 33.6 Å². The van der Waals surface area contributed by atoms with Crippen LogP contribution in [0.2, 0.25) is 0 Å². The molecule has 2 aliphatic heterocycles. The van der Waals surface area contributed by atoms with Crippen LogP contribution in [0.15, 0.2) is 11.2 Å². The number of pyridine rings is 1. The number of rotatable bonds is 4. The van der Waals surface area contributed by atoms with Crippen LogP contribution < -0.4 is 11.1 Å². The molecule has 7 heteroatoms. The molecule has 3 unspecified atom stereocenters. The average Bonchev–Trinajstić information content (AvgIpc) is 3.55. The molecule has 4 N–H and O–H groups in total. The number of nitrogens with one attached hydrogen (secondary N) is 2. The van der Waals surface area contributed by atoms with Crippen LogP contribution in [0.4, 0.5) is 5.82 Å². The smallest absolute Gasteiger partial charge is 0.159 e. The van der Waals surface area contributed by atoms with Gasteiger partial charge in [-0.15, -0.1) is 11.3 Å². The summed E-state index contributed by atoms with van der Waals surface area (Å²) in [6.45, 7) is 11.0. The minimum absolute atomic E-state index is 0.406. The molecule has 3 atom stereocenters. The van der Waals surface area contributed by atoms with Crippen LogP contribution in [0, 0.1) is 12.8 Å². The standard InChI is InChI=1S/C25H31N5OS/c1-11(2)20-21-12(3)23(16-6-15-5-14(16)7-27-15)32-25(21)30-22(20)17-8-28-24(29-13(4)26)19-10-31-9-18(17)19/h8,11,14-16,27,30H,5-7,9-10H2,1-4H3,(H2,26,28,29). The number of hydrogen-bond acceptors (Lipinski definition) is 5. The van der Waals surface area contributed by atoms with Gasteiger partial charge in [-0.2, -0.15) is 0 Å². The zero-order valence-corrected chi connectivity index (χ0v) is 20.0. The molecule has 3 aromatic heterocycles. The van der Waals surface area contributed by atoms with Crippen LogP contribution in [0.5, 0.6) is 0 Å². The van der Waals surface area contributed by atoms with Gasteiger partial charge in [-0.05, 0) is 67.7 Å². The third-order valence-corrected chi connectivity index (χ3v) is 8.90. The molecule has 0 aromatic carbocycles. The van der Waals surface area contributed by atoms with Gasteiger partial charge in [0.15, 0.2) is 5.82 Å². The minimum Gasteiger partial charge on any atom is -0.387 e. The van der Waals surface area contributed by atoms with Gasteiger partial charge in [0.25, 0.3) is 0 Å². The number of piperidine rings is 1. The zero-order chi connectivity index (χ0) is 22.1. The lowest BCUT2D eigenvalue weighted by atomic mass is 9.89. The summed E-state index contributed by atoms with van der Waals surface area (Å²) in [5, 5.41) is 5.09. The zero-order valence-electron chi connectivity index (χ0n) is 19.2. The Labute approximate surface area is 192 Å². The maximum absolute atomic E-state index is 5.83. The Kier molecular flexibility index (Phi) is 4.72. The molecule has 2 bridgehead atoms. The summed E-state index contributed by atoms with van der Waals surface area (Å²) < 4.78 is 5.83. The Balaban J connectivity index is 1.50. The van der Waals surface area contributed by atoms with Crippen LogP contribution in [0.25, 0.3) is 21.5 Å². The minimum atomic E-state index is 0.406. The molecule has 5 heterocycles. The fourth-order valence-electron chi connectivity index (χ4n) is 6.18. The number of aromatic amines is 1. The van der Waals surface area contributed by atoms with Gasteiger partial charge in [0.2, 0.25) is 0 Å². The van der Waals surface area contributed by atoms with E-state index in [1.807, 2.05) is 17.5 Å². The molecule has 0 radical (unpaired) electrons. The molecule has 6 nitrogen and oxygen atoms in total. The molecule has 1 aliphatic carbocycles. The second kappa shape index (κ2) is 7.40. The molecule has 32 heavy (non-hydrogen) atoms. The third-order valence-electron chi connectivity index (χ3n) is 7.56. The number of fused-ring (bicyclic) bond motifs is 4. The topological polar surface area (TPSA) is 88.3 Å². The first kappa shape index (κ1) is 20.4. The van der Waals surface area contributed by atoms with E-state index in [0.717, 1.165) is 23.1 Å². The molecule has 3 aliphatic rings.